The van der Waals surface area contributed by atoms with Gasteiger partial charge in [-0.15, -0.1) is 0 Å². The molecule has 2 nitrogen and oxygen atoms in total. The monoisotopic (exact) mass is 316 g/mol. The maximum atomic E-state index is 5.89. The Morgan fingerprint density at radius 2 is 1.41 bits per heavy atom. The first kappa shape index (κ1) is 17.0. The minimum atomic E-state index is 0.677. The summed E-state index contributed by atoms with van der Waals surface area (Å²) in [5.41, 5.74) is 2.66. The Kier molecular flexibility index (Phi) is 6.89. The van der Waals surface area contributed by atoms with Gasteiger partial charge in [-0.05, 0) is 60.6 Å². The first-order valence-corrected chi connectivity index (χ1v) is 8.32. The van der Waals surface area contributed by atoms with Crippen LogP contribution in [0, 0.1) is 5.92 Å². The molecule has 1 atom stereocenters. The van der Waals surface area contributed by atoms with E-state index in [1.165, 1.54) is 11.1 Å². The molecule has 1 unspecified atom stereocenters. The first-order chi connectivity index (χ1) is 10.7. The van der Waals surface area contributed by atoms with Crippen molar-refractivity contribution in [3.05, 3.63) is 59.7 Å². The fourth-order valence-corrected chi connectivity index (χ4v) is 2.55. The van der Waals surface area contributed by atoms with Crippen molar-refractivity contribution in [1.29, 1.82) is 0 Å². The van der Waals surface area contributed by atoms with Gasteiger partial charge in [-0.1, -0.05) is 38.1 Å². The summed E-state index contributed by atoms with van der Waals surface area (Å²) < 4.78 is 10.9. The summed E-state index contributed by atoms with van der Waals surface area (Å²) in [4.78, 5) is 0. The minimum absolute atomic E-state index is 0.677. The molecule has 2 aromatic carbocycles. The highest BCUT2D eigenvalue weighted by Crippen LogP contribution is 2.23. The molecule has 0 aliphatic rings. The Bertz CT molecular complexity index is 547. The molecule has 0 saturated carbocycles. The number of benzene rings is 2. The third kappa shape index (κ3) is 5.79. The Morgan fingerprint density at radius 3 is 1.91 bits per heavy atom. The summed E-state index contributed by atoms with van der Waals surface area (Å²) in [6, 6.07) is 16.7. The predicted octanol–water partition coefficient (Wildman–Crippen LogP) is 5.42. The normalized spacial score (nSPS) is 10.9. The van der Waals surface area contributed by atoms with Crippen LogP contribution in [0.25, 0.3) is 0 Å². The smallest absolute Gasteiger partial charge is 0.127 e. The average molecular weight is 316 g/mol. The number of hydrogen-bond acceptors (Lipinski definition) is 2. The van der Waals surface area contributed by atoms with Gasteiger partial charge in [-0.2, -0.15) is 0 Å². The van der Waals surface area contributed by atoms with E-state index in [4.69, 9.17) is 9.26 Å². The van der Waals surface area contributed by atoms with E-state index in [9.17, 15) is 0 Å². The molecule has 0 bridgehead atoms. The predicted molar refractivity (Wildman–Crippen MR) is 95.5 cm³/mol. The summed E-state index contributed by atoms with van der Waals surface area (Å²) in [5, 5.41) is 0. The molecule has 0 aliphatic heterocycles. The molecule has 118 valence electrons. The van der Waals surface area contributed by atoms with Crippen LogP contribution in [0.4, 0.5) is 0 Å². The second-order valence-corrected chi connectivity index (χ2v) is 6.30. The summed E-state index contributed by atoms with van der Waals surface area (Å²) in [6.45, 7) is 5.24. The van der Waals surface area contributed by atoms with Gasteiger partial charge < -0.3 is 9.26 Å². The highest BCUT2D eigenvalue weighted by molar-refractivity contribution is 7.09. The van der Waals surface area contributed by atoms with Crippen LogP contribution in [0.2, 0.25) is 0 Å². The summed E-state index contributed by atoms with van der Waals surface area (Å²) in [5.74, 6) is 2.44. The van der Waals surface area contributed by atoms with Crippen LogP contribution in [-0.4, -0.2) is 6.61 Å². The van der Waals surface area contributed by atoms with Crippen molar-refractivity contribution in [3.8, 4) is 11.5 Å². The van der Waals surface area contributed by atoms with Gasteiger partial charge in [0.25, 0.3) is 0 Å². The molecule has 2 rings (SSSR count). The zero-order valence-electron chi connectivity index (χ0n) is 13.4. The van der Waals surface area contributed by atoms with Crippen LogP contribution in [0.1, 0.15) is 31.4 Å². The molecule has 0 spiro atoms. The third-order valence-corrected chi connectivity index (χ3v) is 3.69. The first-order valence-electron chi connectivity index (χ1n) is 7.85. The molecular formula is C19H25O2P. The van der Waals surface area contributed by atoms with Crippen molar-refractivity contribution < 1.29 is 9.26 Å². The Labute approximate surface area is 136 Å². The van der Waals surface area contributed by atoms with E-state index in [-0.39, 0.29) is 0 Å². The second-order valence-electron chi connectivity index (χ2n) is 5.96. The zero-order chi connectivity index (χ0) is 15.8. The van der Waals surface area contributed by atoms with Gasteiger partial charge in [0.05, 0.1) is 6.61 Å². The maximum Gasteiger partial charge on any atom is 0.127 e. The Hall–Kier alpha value is -1.37. The van der Waals surface area contributed by atoms with Crippen molar-refractivity contribution in [2.24, 2.45) is 5.92 Å². The zero-order valence-corrected chi connectivity index (χ0v) is 14.6. The number of hydrogen-bond donors (Lipinski definition) is 0. The van der Waals surface area contributed by atoms with Crippen molar-refractivity contribution in [2.75, 3.05) is 6.61 Å². The van der Waals surface area contributed by atoms with Crippen LogP contribution in [0.5, 0.6) is 11.5 Å². The summed E-state index contributed by atoms with van der Waals surface area (Å²) in [6.07, 6.45) is 3.16. The molecular weight excluding hydrogens is 291 g/mol. The number of rotatable bonds is 8. The van der Waals surface area contributed by atoms with E-state index in [0.717, 1.165) is 37.4 Å². The standard InChI is InChI=1S/C19H25O2P/c1-15(2)14-17-7-11-19(12-8-17)21-18-9-5-16(6-10-18)4-3-13-20-22/h5-12,15H,3-4,13-14,22H2,1-2H3. The molecule has 0 radical (unpaired) electrons. The fraction of sp³-hybridized carbons (Fsp3) is 0.368. The van der Waals surface area contributed by atoms with E-state index in [0.29, 0.717) is 5.92 Å². The number of ether oxygens (including phenoxy) is 1. The van der Waals surface area contributed by atoms with Gasteiger partial charge in [0.1, 0.15) is 11.5 Å². The maximum absolute atomic E-state index is 5.89. The quantitative estimate of drug-likeness (QED) is 0.478. The van der Waals surface area contributed by atoms with Gasteiger partial charge >= 0.3 is 0 Å². The van der Waals surface area contributed by atoms with Gasteiger partial charge in [0, 0.05) is 9.47 Å². The molecule has 0 aromatic heterocycles. The lowest BCUT2D eigenvalue weighted by molar-refractivity contribution is 0.363. The molecule has 2 aromatic rings. The Morgan fingerprint density at radius 1 is 0.864 bits per heavy atom. The van der Waals surface area contributed by atoms with E-state index in [1.807, 2.05) is 24.3 Å². The molecule has 0 saturated heterocycles. The molecule has 0 heterocycles. The fourth-order valence-electron chi connectivity index (χ4n) is 2.38. The van der Waals surface area contributed by atoms with Crippen LogP contribution in [0.15, 0.2) is 48.5 Å². The SMILES string of the molecule is CC(C)Cc1ccc(Oc2ccc(CCCOP)cc2)cc1. The molecule has 0 aliphatic carbocycles. The molecule has 0 amide bonds. The van der Waals surface area contributed by atoms with Crippen LogP contribution >= 0.6 is 9.47 Å². The lowest BCUT2D eigenvalue weighted by atomic mass is 10.0. The third-order valence-electron chi connectivity index (χ3n) is 3.45. The van der Waals surface area contributed by atoms with Crippen molar-refractivity contribution in [3.63, 3.8) is 0 Å². The van der Waals surface area contributed by atoms with Crippen molar-refractivity contribution >= 4 is 9.47 Å². The van der Waals surface area contributed by atoms with Gasteiger partial charge in [0.15, 0.2) is 0 Å². The van der Waals surface area contributed by atoms with Gasteiger partial charge in [-0.25, -0.2) is 0 Å². The lowest BCUT2D eigenvalue weighted by Crippen LogP contribution is -1.94. The van der Waals surface area contributed by atoms with E-state index >= 15 is 0 Å². The average Bonchev–Trinajstić information content (AvgIpc) is 2.51. The van der Waals surface area contributed by atoms with Crippen molar-refractivity contribution in [1.82, 2.24) is 0 Å². The largest absolute Gasteiger partial charge is 0.457 e. The van der Waals surface area contributed by atoms with E-state index in [1.54, 1.807) is 0 Å². The van der Waals surface area contributed by atoms with E-state index in [2.05, 4.69) is 47.6 Å². The van der Waals surface area contributed by atoms with Crippen LogP contribution in [0.3, 0.4) is 0 Å². The van der Waals surface area contributed by atoms with Gasteiger partial charge in [-0.3, -0.25) is 0 Å². The molecule has 0 fully saturated rings. The second kappa shape index (κ2) is 8.92. The lowest BCUT2D eigenvalue weighted by Gasteiger charge is -2.09. The number of aryl methyl sites for hydroxylation is 1. The van der Waals surface area contributed by atoms with Crippen molar-refractivity contribution in [2.45, 2.75) is 33.1 Å². The summed E-state index contributed by atoms with van der Waals surface area (Å²) >= 11 is 0. The topological polar surface area (TPSA) is 18.5 Å². The highest BCUT2D eigenvalue weighted by atomic mass is 31.0. The van der Waals surface area contributed by atoms with Crippen LogP contribution in [-0.2, 0) is 17.4 Å². The van der Waals surface area contributed by atoms with Gasteiger partial charge in [0.2, 0.25) is 0 Å². The minimum Gasteiger partial charge on any atom is -0.457 e. The molecule has 3 heteroatoms. The van der Waals surface area contributed by atoms with Crippen LogP contribution < -0.4 is 4.74 Å². The highest BCUT2D eigenvalue weighted by Gasteiger charge is 2.01. The Balaban J connectivity index is 1.90. The molecule has 0 N–H and O–H groups in total. The molecule has 22 heavy (non-hydrogen) atoms. The van der Waals surface area contributed by atoms with E-state index < -0.39 is 0 Å². The summed E-state index contributed by atoms with van der Waals surface area (Å²) in [7, 11) is 2.29.